The van der Waals surface area contributed by atoms with Gasteiger partial charge in [-0.2, -0.15) is 11.8 Å². The maximum atomic E-state index is 4.93. The molecule has 1 aliphatic rings. The largest absolute Gasteiger partial charge is 0.383 e. The van der Waals surface area contributed by atoms with Crippen molar-refractivity contribution in [2.75, 3.05) is 31.8 Å². The molecule has 2 nitrogen and oxygen atoms in total. The van der Waals surface area contributed by atoms with Crippen molar-refractivity contribution in [3.05, 3.63) is 0 Å². The Balaban J connectivity index is 1.91. The first-order valence-electron chi connectivity index (χ1n) is 3.73. The molecule has 0 aromatic carbocycles. The van der Waals surface area contributed by atoms with Gasteiger partial charge < -0.3 is 10.1 Å². The lowest BCUT2D eigenvalue weighted by Crippen LogP contribution is -2.31. The molecule has 0 aliphatic carbocycles. The Labute approximate surface area is 66.7 Å². The molecule has 3 heteroatoms. The van der Waals surface area contributed by atoms with Gasteiger partial charge in [0.2, 0.25) is 0 Å². The summed E-state index contributed by atoms with van der Waals surface area (Å²) in [6.45, 7) is 1.84. The van der Waals surface area contributed by atoms with Crippen LogP contribution < -0.4 is 5.32 Å². The van der Waals surface area contributed by atoms with Crippen LogP contribution in [0.3, 0.4) is 0 Å². The minimum Gasteiger partial charge on any atom is -0.383 e. The van der Waals surface area contributed by atoms with Crippen molar-refractivity contribution in [2.24, 2.45) is 0 Å². The van der Waals surface area contributed by atoms with Gasteiger partial charge in [-0.1, -0.05) is 0 Å². The summed E-state index contributed by atoms with van der Waals surface area (Å²) in [6, 6.07) is 0.750. The second kappa shape index (κ2) is 4.99. The van der Waals surface area contributed by atoms with Crippen molar-refractivity contribution in [3.63, 3.8) is 0 Å². The van der Waals surface area contributed by atoms with Gasteiger partial charge in [-0.05, 0) is 12.2 Å². The molecule has 0 unspecified atom stereocenters. The summed E-state index contributed by atoms with van der Waals surface area (Å²) < 4.78 is 4.93. The molecule has 0 aromatic heterocycles. The zero-order valence-corrected chi connectivity index (χ0v) is 7.25. The highest BCUT2D eigenvalue weighted by molar-refractivity contribution is 7.99. The Morgan fingerprint density at radius 2 is 2.60 bits per heavy atom. The van der Waals surface area contributed by atoms with E-state index in [1.807, 2.05) is 11.8 Å². The van der Waals surface area contributed by atoms with Crippen molar-refractivity contribution in [1.82, 2.24) is 5.32 Å². The van der Waals surface area contributed by atoms with Crippen molar-refractivity contribution in [2.45, 2.75) is 12.5 Å². The number of thioether (sulfide) groups is 1. The second-order valence-corrected chi connectivity index (χ2v) is 3.66. The lowest BCUT2D eigenvalue weighted by Gasteiger charge is -2.09. The Morgan fingerprint density at radius 3 is 3.20 bits per heavy atom. The summed E-state index contributed by atoms with van der Waals surface area (Å²) in [5.41, 5.74) is 0. The highest BCUT2D eigenvalue weighted by atomic mass is 32.2. The van der Waals surface area contributed by atoms with Crippen LogP contribution in [0.25, 0.3) is 0 Å². The standard InChI is InChI=1S/C7H15NOS/c1-9-4-3-8-7-2-5-10-6-7/h7-8H,2-6H2,1H3/t7-/m0/s1. The monoisotopic (exact) mass is 161 g/mol. The molecule has 1 saturated heterocycles. The molecule has 0 amide bonds. The fraction of sp³-hybridized carbons (Fsp3) is 1.00. The number of hydrogen-bond acceptors (Lipinski definition) is 3. The van der Waals surface area contributed by atoms with E-state index < -0.39 is 0 Å². The fourth-order valence-corrected chi connectivity index (χ4v) is 2.25. The molecule has 0 radical (unpaired) electrons. The Kier molecular flexibility index (Phi) is 4.18. The Bertz CT molecular complexity index is 83.7. The SMILES string of the molecule is COCCN[C@H]1CCSC1. The minimum absolute atomic E-state index is 0.750. The van der Waals surface area contributed by atoms with Crippen LogP contribution in [0.5, 0.6) is 0 Å². The molecule has 1 fully saturated rings. The number of nitrogens with one attached hydrogen (secondary N) is 1. The van der Waals surface area contributed by atoms with Crippen LogP contribution in [0, 0.1) is 0 Å². The predicted octanol–water partition coefficient (Wildman–Crippen LogP) is 0.728. The minimum atomic E-state index is 0.750. The Morgan fingerprint density at radius 1 is 1.70 bits per heavy atom. The third kappa shape index (κ3) is 2.90. The van der Waals surface area contributed by atoms with Gasteiger partial charge in [0.05, 0.1) is 6.61 Å². The van der Waals surface area contributed by atoms with Gasteiger partial charge in [-0.25, -0.2) is 0 Å². The summed E-state index contributed by atoms with van der Waals surface area (Å²) in [4.78, 5) is 0. The van der Waals surface area contributed by atoms with E-state index in [0.29, 0.717) is 0 Å². The van der Waals surface area contributed by atoms with Crippen molar-refractivity contribution in [3.8, 4) is 0 Å². The molecule has 60 valence electrons. The van der Waals surface area contributed by atoms with E-state index in [1.165, 1.54) is 17.9 Å². The third-order valence-corrected chi connectivity index (χ3v) is 2.83. The van der Waals surface area contributed by atoms with E-state index in [4.69, 9.17) is 4.74 Å². The molecular formula is C7H15NOS. The average molecular weight is 161 g/mol. The molecule has 1 heterocycles. The Hall–Kier alpha value is 0.270. The lowest BCUT2D eigenvalue weighted by atomic mass is 10.3. The van der Waals surface area contributed by atoms with Gasteiger partial charge in [-0.3, -0.25) is 0 Å². The van der Waals surface area contributed by atoms with E-state index >= 15 is 0 Å². The zero-order chi connectivity index (χ0) is 7.23. The molecule has 0 aromatic rings. The lowest BCUT2D eigenvalue weighted by molar-refractivity contribution is 0.196. The smallest absolute Gasteiger partial charge is 0.0587 e. The van der Waals surface area contributed by atoms with E-state index in [9.17, 15) is 0 Å². The topological polar surface area (TPSA) is 21.3 Å². The van der Waals surface area contributed by atoms with Gasteiger partial charge in [-0.15, -0.1) is 0 Å². The molecule has 1 rings (SSSR count). The summed E-state index contributed by atoms with van der Waals surface area (Å²) >= 11 is 2.04. The quantitative estimate of drug-likeness (QED) is 0.614. The first kappa shape index (κ1) is 8.37. The normalized spacial score (nSPS) is 25.5. The van der Waals surface area contributed by atoms with Crippen LogP contribution in [-0.4, -0.2) is 37.8 Å². The molecule has 10 heavy (non-hydrogen) atoms. The van der Waals surface area contributed by atoms with Crippen LogP contribution >= 0.6 is 11.8 Å². The predicted molar refractivity (Wildman–Crippen MR) is 45.6 cm³/mol. The molecule has 1 N–H and O–H groups in total. The molecule has 1 aliphatic heterocycles. The van der Waals surface area contributed by atoms with Crippen LogP contribution in [0.1, 0.15) is 6.42 Å². The summed E-state index contributed by atoms with van der Waals surface area (Å²) in [5, 5.41) is 3.44. The van der Waals surface area contributed by atoms with Crippen molar-refractivity contribution in [1.29, 1.82) is 0 Å². The zero-order valence-electron chi connectivity index (χ0n) is 6.43. The maximum absolute atomic E-state index is 4.93. The van der Waals surface area contributed by atoms with Crippen LogP contribution in [0.15, 0.2) is 0 Å². The highest BCUT2D eigenvalue weighted by Crippen LogP contribution is 2.16. The van der Waals surface area contributed by atoms with Crippen LogP contribution in [0.2, 0.25) is 0 Å². The van der Waals surface area contributed by atoms with Gasteiger partial charge in [0.15, 0.2) is 0 Å². The summed E-state index contributed by atoms with van der Waals surface area (Å²) in [6.07, 6.45) is 1.33. The molecule has 1 atom stereocenters. The summed E-state index contributed by atoms with van der Waals surface area (Å²) in [5.74, 6) is 2.61. The van der Waals surface area contributed by atoms with E-state index in [-0.39, 0.29) is 0 Å². The molecule has 0 bridgehead atoms. The molecule has 0 spiro atoms. The van der Waals surface area contributed by atoms with Gasteiger partial charge >= 0.3 is 0 Å². The molecule has 0 saturated carbocycles. The van der Waals surface area contributed by atoms with Gasteiger partial charge in [0, 0.05) is 25.4 Å². The van der Waals surface area contributed by atoms with E-state index in [1.54, 1.807) is 7.11 Å². The molecular weight excluding hydrogens is 146 g/mol. The number of rotatable bonds is 4. The second-order valence-electron chi connectivity index (χ2n) is 2.51. The summed E-state index contributed by atoms with van der Waals surface area (Å²) in [7, 11) is 1.74. The van der Waals surface area contributed by atoms with Gasteiger partial charge in [0.1, 0.15) is 0 Å². The highest BCUT2D eigenvalue weighted by Gasteiger charge is 2.13. The number of methoxy groups -OCH3 is 1. The third-order valence-electron chi connectivity index (χ3n) is 1.67. The van der Waals surface area contributed by atoms with Crippen LogP contribution in [0.4, 0.5) is 0 Å². The number of hydrogen-bond donors (Lipinski definition) is 1. The first-order chi connectivity index (χ1) is 4.93. The van der Waals surface area contributed by atoms with E-state index in [2.05, 4.69) is 5.32 Å². The van der Waals surface area contributed by atoms with Gasteiger partial charge in [0.25, 0.3) is 0 Å². The first-order valence-corrected chi connectivity index (χ1v) is 4.89. The average Bonchev–Trinajstić information content (AvgIpc) is 2.41. The van der Waals surface area contributed by atoms with Crippen molar-refractivity contribution >= 4 is 11.8 Å². The van der Waals surface area contributed by atoms with Crippen LogP contribution in [-0.2, 0) is 4.74 Å². The number of ether oxygens (including phenoxy) is 1. The van der Waals surface area contributed by atoms with E-state index in [0.717, 1.165) is 19.2 Å². The van der Waals surface area contributed by atoms with Crippen molar-refractivity contribution < 1.29 is 4.74 Å². The maximum Gasteiger partial charge on any atom is 0.0587 e. The fourth-order valence-electron chi connectivity index (χ4n) is 1.06.